The van der Waals surface area contributed by atoms with Gasteiger partial charge in [-0.2, -0.15) is 5.26 Å². The van der Waals surface area contributed by atoms with E-state index in [1.807, 2.05) is 13.8 Å². The van der Waals surface area contributed by atoms with Crippen molar-refractivity contribution in [2.24, 2.45) is 0 Å². The number of aromatic nitrogens is 1. The molecule has 6 nitrogen and oxygen atoms in total. The molecule has 0 spiro atoms. The van der Waals surface area contributed by atoms with Crippen molar-refractivity contribution in [2.75, 3.05) is 33.2 Å². The van der Waals surface area contributed by atoms with Crippen LogP contribution in [0.15, 0.2) is 6.07 Å². The Morgan fingerprint density at radius 2 is 2.05 bits per heavy atom. The summed E-state index contributed by atoms with van der Waals surface area (Å²) in [5.41, 5.74) is 6.59. The summed E-state index contributed by atoms with van der Waals surface area (Å²) in [6.07, 6.45) is 0.723. The van der Waals surface area contributed by atoms with E-state index in [9.17, 15) is 0 Å². The largest absolute Gasteiger partial charge is 0.477 e. The zero-order valence-electron chi connectivity index (χ0n) is 12.6. The minimum absolute atomic E-state index is 0.253. The lowest BCUT2D eigenvalue weighted by Gasteiger charge is -2.23. The predicted octanol–water partition coefficient (Wildman–Crippen LogP) is 1.78. The van der Waals surface area contributed by atoms with Gasteiger partial charge in [0.25, 0.3) is 0 Å². The Morgan fingerprint density at radius 1 is 1.35 bits per heavy atom. The molecule has 1 heterocycles. The molecule has 1 aromatic rings. The van der Waals surface area contributed by atoms with Crippen molar-refractivity contribution in [1.82, 2.24) is 4.57 Å². The fourth-order valence-electron chi connectivity index (χ4n) is 1.71. The first-order chi connectivity index (χ1) is 9.45. The molecule has 112 valence electrons. The number of methoxy groups -OCH3 is 2. The van der Waals surface area contributed by atoms with Crippen molar-refractivity contribution in [3.05, 3.63) is 11.8 Å². The van der Waals surface area contributed by atoms with Crippen LogP contribution >= 0.6 is 0 Å². The Labute approximate surface area is 120 Å². The van der Waals surface area contributed by atoms with Crippen LogP contribution in [0.1, 0.15) is 26.0 Å². The fraction of sp³-hybridized carbons (Fsp3) is 0.643. The summed E-state index contributed by atoms with van der Waals surface area (Å²) in [4.78, 5) is 0. The quantitative estimate of drug-likeness (QED) is 0.785. The average molecular weight is 281 g/mol. The molecule has 0 unspecified atom stereocenters. The van der Waals surface area contributed by atoms with Crippen LogP contribution in [0.4, 0.5) is 5.69 Å². The molecule has 0 aliphatic rings. The molecule has 0 bridgehead atoms. The van der Waals surface area contributed by atoms with Crippen LogP contribution in [0.3, 0.4) is 0 Å². The highest BCUT2D eigenvalue weighted by Crippen LogP contribution is 2.27. The lowest BCUT2D eigenvalue weighted by atomic mass is 10.1. The van der Waals surface area contributed by atoms with E-state index in [1.165, 1.54) is 0 Å². The number of ether oxygens (including phenoxy) is 3. The first-order valence-corrected chi connectivity index (χ1v) is 6.51. The standard InChI is InChI=1S/C14H23N3O3/c1-14(2,19-4)5-7-20-13-12(16)9-11(10-15)17(13)6-8-18-3/h9H,5-8,16H2,1-4H3. The van der Waals surface area contributed by atoms with Gasteiger partial charge in [-0.15, -0.1) is 0 Å². The molecule has 6 heteroatoms. The molecule has 0 aromatic carbocycles. The Balaban J connectivity index is 2.78. The van der Waals surface area contributed by atoms with Crippen molar-refractivity contribution in [3.63, 3.8) is 0 Å². The Hall–Kier alpha value is -1.71. The highest BCUT2D eigenvalue weighted by Gasteiger charge is 2.18. The lowest BCUT2D eigenvalue weighted by Crippen LogP contribution is -2.25. The van der Waals surface area contributed by atoms with Crippen molar-refractivity contribution in [2.45, 2.75) is 32.4 Å². The highest BCUT2D eigenvalue weighted by molar-refractivity contribution is 5.55. The molecule has 20 heavy (non-hydrogen) atoms. The number of hydrogen-bond acceptors (Lipinski definition) is 5. The summed E-state index contributed by atoms with van der Waals surface area (Å²) in [7, 11) is 3.28. The van der Waals surface area contributed by atoms with Crippen LogP contribution in [0.25, 0.3) is 0 Å². The van der Waals surface area contributed by atoms with E-state index < -0.39 is 0 Å². The second-order valence-electron chi connectivity index (χ2n) is 5.11. The van der Waals surface area contributed by atoms with Gasteiger partial charge < -0.3 is 19.9 Å². The first-order valence-electron chi connectivity index (χ1n) is 6.51. The van der Waals surface area contributed by atoms with Crippen LogP contribution < -0.4 is 10.5 Å². The fourth-order valence-corrected chi connectivity index (χ4v) is 1.71. The minimum atomic E-state index is -0.253. The van der Waals surface area contributed by atoms with Crippen LogP contribution in [0, 0.1) is 11.3 Å². The summed E-state index contributed by atoms with van der Waals surface area (Å²) in [5.74, 6) is 0.519. The lowest BCUT2D eigenvalue weighted by molar-refractivity contribution is 0.00473. The van der Waals surface area contributed by atoms with E-state index in [2.05, 4.69) is 6.07 Å². The third-order valence-electron chi connectivity index (χ3n) is 3.20. The number of hydrogen-bond donors (Lipinski definition) is 1. The van der Waals surface area contributed by atoms with Gasteiger partial charge in [-0.3, -0.25) is 4.57 Å². The first kappa shape index (κ1) is 16.3. The molecular formula is C14H23N3O3. The highest BCUT2D eigenvalue weighted by atomic mass is 16.5. The van der Waals surface area contributed by atoms with Crippen molar-refractivity contribution < 1.29 is 14.2 Å². The summed E-state index contributed by atoms with van der Waals surface area (Å²) < 4.78 is 17.8. The van der Waals surface area contributed by atoms with Crippen molar-refractivity contribution in [3.8, 4) is 11.9 Å². The van der Waals surface area contributed by atoms with Gasteiger partial charge in [-0.1, -0.05) is 0 Å². The Kier molecular flexibility index (Phi) is 5.86. The van der Waals surface area contributed by atoms with Gasteiger partial charge >= 0.3 is 0 Å². The summed E-state index contributed by atoms with van der Waals surface area (Å²) in [5, 5.41) is 9.11. The molecular weight excluding hydrogens is 258 g/mol. The second-order valence-corrected chi connectivity index (χ2v) is 5.11. The smallest absolute Gasteiger partial charge is 0.218 e. The number of anilines is 1. The molecule has 0 saturated heterocycles. The molecule has 1 rings (SSSR count). The minimum Gasteiger partial charge on any atom is -0.477 e. The summed E-state index contributed by atoms with van der Waals surface area (Å²) in [6, 6.07) is 3.72. The normalized spacial score (nSPS) is 11.3. The van der Waals surface area contributed by atoms with Gasteiger partial charge in [0, 0.05) is 26.7 Å². The molecule has 0 fully saturated rings. The van der Waals surface area contributed by atoms with E-state index in [4.69, 9.17) is 25.2 Å². The SMILES string of the molecule is COCCn1c(C#N)cc(N)c1OCCC(C)(C)OC. The van der Waals surface area contributed by atoms with Crippen LogP contribution in [-0.4, -0.2) is 37.6 Å². The predicted molar refractivity (Wildman–Crippen MR) is 76.6 cm³/mol. The van der Waals surface area contributed by atoms with E-state index in [-0.39, 0.29) is 5.60 Å². The monoisotopic (exact) mass is 281 g/mol. The molecule has 0 saturated carbocycles. The zero-order valence-corrected chi connectivity index (χ0v) is 12.6. The maximum Gasteiger partial charge on any atom is 0.218 e. The van der Waals surface area contributed by atoms with E-state index in [0.29, 0.717) is 37.0 Å². The van der Waals surface area contributed by atoms with Crippen LogP contribution in [-0.2, 0) is 16.0 Å². The Bertz CT molecular complexity index is 475. The number of nitrogens with two attached hydrogens (primary N) is 1. The summed E-state index contributed by atoms with van der Waals surface area (Å²) in [6.45, 7) is 5.46. The number of nitrogens with zero attached hydrogens (tertiary/aromatic N) is 2. The maximum absolute atomic E-state index is 9.11. The number of nitrogen functional groups attached to an aromatic ring is 1. The molecule has 1 aromatic heterocycles. The van der Waals surface area contributed by atoms with Gasteiger partial charge in [0.05, 0.1) is 31.0 Å². The molecule has 0 amide bonds. The maximum atomic E-state index is 9.11. The van der Waals surface area contributed by atoms with Crippen LogP contribution in [0.2, 0.25) is 0 Å². The van der Waals surface area contributed by atoms with Gasteiger partial charge in [0.15, 0.2) is 0 Å². The third-order valence-corrected chi connectivity index (χ3v) is 3.20. The van der Waals surface area contributed by atoms with Crippen molar-refractivity contribution >= 4 is 5.69 Å². The van der Waals surface area contributed by atoms with Gasteiger partial charge in [0.2, 0.25) is 5.88 Å². The molecule has 0 radical (unpaired) electrons. The van der Waals surface area contributed by atoms with E-state index >= 15 is 0 Å². The van der Waals surface area contributed by atoms with Gasteiger partial charge in [0.1, 0.15) is 11.8 Å². The van der Waals surface area contributed by atoms with Crippen molar-refractivity contribution in [1.29, 1.82) is 5.26 Å². The Morgan fingerprint density at radius 3 is 2.60 bits per heavy atom. The van der Waals surface area contributed by atoms with E-state index in [1.54, 1.807) is 24.9 Å². The molecule has 0 atom stereocenters. The molecule has 0 aliphatic heterocycles. The molecule has 0 aliphatic carbocycles. The average Bonchev–Trinajstić information content (AvgIpc) is 2.72. The zero-order chi connectivity index (χ0) is 15.2. The number of rotatable bonds is 8. The van der Waals surface area contributed by atoms with Gasteiger partial charge in [-0.05, 0) is 13.8 Å². The topological polar surface area (TPSA) is 82.4 Å². The third kappa shape index (κ3) is 4.15. The van der Waals surface area contributed by atoms with E-state index in [0.717, 1.165) is 6.42 Å². The molecule has 2 N–H and O–H groups in total. The second kappa shape index (κ2) is 7.17. The number of nitriles is 1. The van der Waals surface area contributed by atoms with Gasteiger partial charge in [-0.25, -0.2) is 0 Å². The summed E-state index contributed by atoms with van der Waals surface area (Å²) >= 11 is 0. The van der Waals surface area contributed by atoms with Crippen LogP contribution in [0.5, 0.6) is 5.88 Å².